The van der Waals surface area contributed by atoms with Crippen LogP contribution in [0.1, 0.15) is 36.6 Å². The van der Waals surface area contributed by atoms with Crippen molar-refractivity contribution in [1.82, 2.24) is 14.7 Å². The van der Waals surface area contributed by atoms with E-state index < -0.39 is 10.0 Å². The average Bonchev–Trinajstić information content (AvgIpc) is 3.16. The minimum Gasteiger partial charge on any atom is -0.370 e. The lowest BCUT2D eigenvalue weighted by molar-refractivity contribution is 0.586. The Bertz CT molecular complexity index is 587. The van der Waals surface area contributed by atoms with Gasteiger partial charge >= 0.3 is 0 Å². The van der Waals surface area contributed by atoms with Crippen LogP contribution in [-0.2, 0) is 10.0 Å². The third kappa shape index (κ3) is 4.57. The van der Waals surface area contributed by atoms with Crippen molar-refractivity contribution in [3.8, 4) is 0 Å². The number of nitrogens with one attached hydrogen (secondary N) is 2. The fraction of sp³-hybridized carbons (Fsp3) is 0.667. The molecule has 0 spiro atoms. The van der Waals surface area contributed by atoms with Gasteiger partial charge in [-0.15, -0.1) is 0 Å². The van der Waals surface area contributed by atoms with E-state index in [0.29, 0.717) is 30.6 Å². The predicted molar refractivity (Wildman–Crippen MR) is 79.7 cm³/mol. The maximum absolute atomic E-state index is 10.9. The molecule has 0 saturated heterocycles. The summed E-state index contributed by atoms with van der Waals surface area (Å²) >= 11 is 6.11. The van der Waals surface area contributed by atoms with Gasteiger partial charge in [0.2, 0.25) is 10.0 Å². The number of aromatic nitrogens is 2. The predicted octanol–water partition coefficient (Wildman–Crippen LogP) is 1.67. The van der Waals surface area contributed by atoms with Crippen LogP contribution >= 0.6 is 11.6 Å². The summed E-state index contributed by atoms with van der Waals surface area (Å²) in [6, 6.07) is 0. The zero-order chi connectivity index (χ0) is 14.8. The summed E-state index contributed by atoms with van der Waals surface area (Å²) in [5.41, 5.74) is 0.826. The van der Waals surface area contributed by atoms with E-state index in [1.165, 1.54) is 0 Å². The molecule has 8 heteroatoms. The molecule has 1 heterocycles. The Morgan fingerprint density at radius 3 is 2.60 bits per heavy atom. The lowest BCUT2D eigenvalue weighted by Crippen LogP contribution is -2.24. The van der Waals surface area contributed by atoms with Crippen molar-refractivity contribution < 1.29 is 8.42 Å². The average molecular weight is 319 g/mol. The van der Waals surface area contributed by atoms with Crippen LogP contribution in [0.15, 0.2) is 0 Å². The lowest BCUT2D eigenvalue weighted by atomic mass is 10.3. The van der Waals surface area contributed by atoms with Gasteiger partial charge < -0.3 is 5.32 Å². The molecule has 0 aromatic carbocycles. The van der Waals surface area contributed by atoms with Crippen LogP contribution in [0.25, 0.3) is 0 Å². The van der Waals surface area contributed by atoms with Crippen molar-refractivity contribution >= 4 is 27.4 Å². The van der Waals surface area contributed by atoms with Gasteiger partial charge in [-0.1, -0.05) is 11.6 Å². The Balaban J connectivity index is 1.89. The quantitative estimate of drug-likeness (QED) is 0.590. The normalized spacial score (nSPS) is 15.3. The van der Waals surface area contributed by atoms with Crippen LogP contribution < -0.4 is 10.0 Å². The molecule has 1 saturated carbocycles. The van der Waals surface area contributed by atoms with E-state index in [0.717, 1.165) is 36.3 Å². The second kappa shape index (κ2) is 6.24. The van der Waals surface area contributed by atoms with Crippen LogP contribution in [0.3, 0.4) is 0 Å². The first-order chi connectivity index (χ1) is 9.37. The molecule has 6 nitrogen and oxygen atoms in total. The van der Waals surface area contributed by atoms with Gasteiger partial charge in [-0.3, -0.25) is 0 Å². The molecule has 0 unspecified atom stereocenters. The minimum absolute atomic E-state index is 0.402. The highest BCUT2D eigenvalue weighted by Crippen LogP contribution is 2.39. The molecular weight excluding hydrogens is 300 g/mol. The maximum atomic E-state index is 10.9. The third-order valence-electron chi connectivity index (χ3n) is 3.06. The molecule has 1 aromatic rings. The standard InChI is InChI=1S/C12H19ClN4O2S/c1-8-10(13)16-12(9-4-5-9)17-11(8)14-6-3-7-15-20(2,18)19/h9,15H,3-7H2,1-2H3,(H,14,16,17). The molecule has 2 rings (SSSR count). The molecule has 20 heavy (non-hydrogen) atoms. The van der Waals surface area contributed by atoms with Gasteiger partial charge in [-0.2, -0.15) is 0 Å². The smallest absolute Gasteiger partial charge is 0.208 e. The summed E-state index contributed by atoms with van der Waals surface area (Å²) in [5, 5.41) is 3.68. The Labute approximate surface area is 124 Å². The molecule has 112 valence electrons. The van der Waals surface area contributed by atoms with Crippen molar-refractivity contribution in [2.24, 2.45) is 0 Å². The number of rotatable bonds is 7. The second-order valence-electron chi connectivity index (χ2n) is 5.07. The fourth-order valence-corrected chi connectivity index (χ4v) is 2.45. The van der Waals surface area contributed by atoms with E-state index in [1.807, 2.05) is 6.92 Å². The Hall–Kier alpha value is -0.920. The maximum Gasteiger partial charge on any atom is 0.208 e. The van der Waals surface area contributed by atoms with Crippen LogP contribution in [0, 0.1) is 6.92 Å². The number of sulfonamides is 1. The summed E-state index contributed by atoms with van der Waals surface area (Å²) in [6.45, 7) is 2.90. The van der Waals surface area contributed by atoms with Gasteiger partial charge in [0.25, 0.3) is 0 Å². The van der Waals surface area contributed by atoms with E-state index >= 15 is 0 Å². The van der Waals surface area contributed by atoms with E-state index in [1.54, 1.807) is 0 Å². The largest absolute Gasteiger partial charge is 0.370 e. The van der Waals surface area contributed by atoms with Crippen LogP contribution in [0.4, 0.5) is 5.82 Å². The van der Waals surface area contributed by atoms with Gasteiger partial charge in [-0.05, 0) is 26.2 Å². The molecule has 0 radical (unpaired) electrons. The van der Waals surface area contributed by atoms with E-state index in [9.17, 15) is 8.42 Å². The zero-order valence-corrected chi connectivity index (χ0v) is 13.2. The number of anilines is 1. The van der Waals surface area contributed by atoms with E-state index in [2.05, 4.69) is 20.0 Å². The van der Waals surface area contributed by atoms with E-state index in [-0.39, 0.29) is 0 Å². The highest BCUT2D eigenvalue weighted by atomic mass is 35.5. The first kappa shape index (κ1) is 15.5. The third-order valence-corrected chi connectivity index (χ3v) is 4.15. The lowest BCUT2D eigenvalue weighted by Gasteiger charge is -2.11. The van der Waals surface area contributed by atoms with Crippen molar-refractivity contribution in [2.45, 2.75) is 32.1 Å². The SMILES string of the molecule is Cc1c(Cl)nc(C2CC2)nc1NCCCNS(C)(=O)=O. The summed E-state index contributed by atoms with van der Waals surface area (Å²) in [4.78, 5) is 8.79. The molecule has 0 amide bonds. The summed E-state index contributed by atoms with van der Waals surface area (Å²) < 4.78 is 24.3. The van der Waals surface area contributed by atoms with Gasteiger partial charge in [0.1, 0.15) is 16.8 Å². The Morgan fingerprint density at radius 2 is 2.00 bits per heavy atom. The highest BCUT2D eigenvalue weighted by Gasteiger charge is 2.27. The number of hydrogen-bond acceptors (Lipinski definition) is 5. The van der Waals surface area contributed by atoms with Crippen LogP contribution in [0.5, 0.6) is 0 Å². The summed E-state index contributed by atoms with van der Waals surface area (Å²) in [7, 11) is -3.12. The topological polar surface area (TPSA) is 84.0 Å². The fourth-order valence-electron chi connectivity index (χ4n) is 1.75. The molecule has 0 aliphatic heterocycles. The summed E-state index contributed by atoms with van der Waals surface area (Å²) in [5.74, 6) is 1.99. The number of halogens is 1. The van der Waals surface area contributed by atoms with Gasteiger partial charge in [-0.25, -0.2) is 23.1 Å². The zero-order valence-electron chi connectivity index (χ0n) is 11.6. The van der Waals surface area contributed by atoms with Gasteiger partial charge in [0.05, 0.1) is 6.26 Å². The van der Waals surface area contributed by atoms with Crippen LogP contribution in [-0.4, -0.2) is 37.7 Å². The second-order valence-corrected chi connectivity index (χ2v) is 7.26. The van der Waals surface area contributed by atoms with Crippen LogP contribution in [0.2, 0.25) is 5.15 Å². The monoisotopic (exact) mass is 318 g/mol. The molecule has 0 atom stereocenters. The number of nitrogens with zero attached hydrogens (tertiary/aromatic N) is 2. The molecule has 1 fully saturated rings. The minimum atomic E-state index is -3.12. The molecular formula is C12H19ClN4O2S. The van der Waals surface area contributed by atoms with Gasteiger partial charge in [0, 0.05) is 24.6 Å². The van der Waals surface area contributed by atoms with Crippen molar-refractivity contribution in [3.63, 3.8) is 0 Å². The van der Waals surface area contributed by atoms with Gasteiger partial charge in [0.15, 0.2) is 0 Å². The number of hydrogen-bond donors (Lipinski definition) is 2. The van der Waals surface area contributed by atoms with Crippen molar-refractivity contribution in [2.75, 3.05) is 24.7 Å². The first-order valence-electron chi connectivity index (χ1n) is 6.59. The van der Waals surface area contributed by atoms with Crippen molar-refractivity contribution in [3.05, 3.63) is 16.5 Å². The summed E-state index contributed by atoms with van der Waals surface area (Å²) in [6.07, 6.45) is 4.07. The molecule has 1 aromatic heterocycles. The molecule has 0 bridgehead atoms. The molecule has 2 N–H and O–H groups in total. The van der Waals surface area contributed by atoms with E-state index in [4.69, 9.17) is 11.6 Å². The molecule has 1 aliphatic rings. The molecule has 1 aliphatic carbocycles. The first-order valence-corrected chi connectivity index (χ1v) is 8.86. The highest BCUT2D eigenvalue weighted by molar-refractivity contribution is 7.88. The van der Waals surface area contributed by atoms with Crippen molar-refractivity contribution in [1.29, 1.82) is 0 Å². The Morgan fingerprint density at radius 1 is 1.30 bits per heavy atom. The Kier molecular flexibility index (Phi) is 4.82.